The predicted molar refractivity (Wildman–Crippen MR) is 65.0 cm³/mol. The summed E-state index contributed by atoms with van der Waals surface area (Å²) in [7, 11) is -2.94. The van der Waals surface area contributed by atoms with E-state index in [1.54, 1.807) is 4.31 Å². The molecule has 1 aliphatic heterocycles. The van der Waals surface area contributed by atoms with E-state index in [-0.39, 0.29) is 6.61 Å². The van der Waals surface area contributed by atoms with Gasteiger partial charge in [0.05, 0.1) is 5.69 Å². The van der Waals surface area contributed by atoms with Crippen LogP contribution in [0.15, 0.2) is 24.3 Å². The molecule has 2 rings (SSSR count). The number of anilines is 1. The average Bonchev–Trinajstić information content (AvgIpc) is 2.25. The van der Waals surface area contributed by atoms with Crippen LogP contribution in [0, 0.1) is 0 Å². The Morgan fingerprint density at radius 2 is 2.06 bits per heavy atom. The van der Waals surface area contributed by atoms with Crippen molar-refractivity contribution < 1.29 is 14.2 Å². The molecule has 1 aromatic carbocycles. The van der Waals surface area contributed by atoms with Crippen LogP contribution < -0.4 is 4.72 Å². The zero-order valence-corrected chi connectivity index (χ0v) is 9.65. The normalized spacial score (nSPS) is 20.9. The molecule has 6 heteroatoms. The molecule has 0 aliphatic carbocycles. The van der Waals surface area contributed by atoms with Gasteiger partial charge in [-0.3, -0.25) is 13.8 Å². The lowest BCUT2D eigenvalue weighted by Gasteiger charge is -2.47. The highest BCUT2D eigenvalue weighted by Crippen LogP contribution is 2.48. The van der Waals surface area contributed by atoms with Crippen LogP contribution in [0.3, 0.4) is 0 Å². The van der Waals surface area contributed by atoms with Gasteiger partial charge in [-0.2, -0.15) is 4.31 Å². The van der Waals surface area contributed by atoms with Crippen molar-refractivity contribution in [1.82, 2.24) is 4.31 Å². The zero-order valence-electron chi connectivity index (χ0n) is 8.83. The molecule has 0 aromatic heterocycles. The molecule has 16 heavy (non-hydrogen) atoms. The lowest BCUT2D eigenvalue weighted by molar-refractivity contribution is 0.259. The molecular weight excluding hydrogens is 228 g/mol. The summed E-state index contributed by atoms with van der Waals surface area (Å²) in [6.45, 7) is 0.999. The van der Waals surface area contributed by atoms with Crippen LogP contribution in [0.5, 0.6) is 0 Å². The number of fused-ring (bicyclic) bond motifs is 1. The minimum Gasteiger partial charge on any atom is -0.396 e. The molecule has 1 aromatic rings. The minimum absolute atomic E-state index is 0.0493. The summed E-state index contributed by atoms with van der Waals surface area (Å²) in [5.74, 6) is 0. The highest BCUT2D eigenvalue weighted by atomic mass is 32.3. The number of aliphatic hydroxyl groups is 1. The first-order valence-corrected chi connectivity index (χ1v) is 6.64. The van der Waals surface area contributed by atoms with Gasteiger partial charge in [0.15, 0.2) is 0 Å². The van der Waals surface area contributed by atoms with Crippen LogP contribution >= 0.6 is 11.0 Å². The summed E-state index contributed by atoms with van der Waals surface area (Å²) in [6, 6.07) is 7.54. The molecule has 0 saturated carbocycles. The van der Waals surface area contributed by atoms with Crippen molar-refractivity contribution in [3.8, 4) is 0 Å². The first kappa shape index (κ1) is 11.7. The Labute approximate surface area is 96.3 Å². The molecule has 0 spiro atoms. The van der Waals surface area contributed by atoms with Gasteiger partial charge < -0.3 is 5.11 Å². The van der Waals surface area contributed by atoms with Gasteiger partial charge in [-0.25, -0.2) is 0 Å². The summed E-state index contributed by atoms with van der Waals surface area (Å²) in [5, 5.41) is 8.76. The number of nitrogens with one attached hydrogen (secondary N) is 1. The van der Waals surface area contributed by atoms with Crippen molar-refractivity contribution in [2.45, 2.75) is 13.0 Å². The molecule has 4 N–H and O–H groups in total. The molecule has 1 aliphatic rings. The fourth-order valence-corrected chi connectivity index (χ4v) is 3.03. The van der Waals surface area contributed by atoms with E-state index in [0.29, 0.717) is 19.5 Å². The highest BCUT2D eigenvalue weighted by molar-refractivity contribution is 8.23. The lowest BCUT2D eigenvalue weighted by atomic mass is 10.2. The summed E-state index contributed by atoms with van der Waals surface area (Å²) in [4.78, 5) is 0. The molecule has 0 bridgehead atoms. The Bertz CT molecular complexity index is 373. The number of hydrogen-bond donors (Lipinski definition) is 4. The molecule has 0 fully saturated rings. The smallest absolute Gasteiger partial charge is 0.0596 e. The Hall–Kier alpha value is -0.790. The number of aliphatic hydroxyl groups excluding tert-OH is 1. The fraction of sp³-hybridized carbons (Fsp3) is 0.400. The van der Waals surface area contributed by atoms with Crippen LogP contribution in [0.25, 0.3) is 0 Å². The number of benzene rings is 1. The van der Waals surface area contributed by atoms with Crippen molar-refractivity contribution in [1.29, 1.82) is 0 Å². The molecule has 5 nitrogen and oxygen atoms in total. The van der Waals surface area contributed by atoms with Gasteiger partial charge in [0.1, 0.15) is 0 Å². The Morgan fingerprint density at radius 3 is 2.81 bits per heavy atom. The van der Waals surface area contributed by atoms with Crippen molar-refractivity contribution in [2.24, 2.45) is 0 Å². The van der Waals surface area contributed by atoms with E-state index in [4.69, 9.17) is 5.11 Å². The standard InChI is InChI=1S/C10H16N2O3S/c13-7-3-6-12-8-9-4-1-2-5-10(9)11-16(12,14)15/h1-2,4-5,11,13-15H,3,6-8H2. The van der Waals surface area contributed by atoms with Crippen LogP contribution in [0.4, 0.5) is 5.69 Å². The highest BCUT2D eigenvalue weighted by Gasteiger charge is 2.28. The largest absolute Gasteiger partial charge is 0.396 e. The van der Waals surface area contributed by atoms with E-state index in [1.165, 1.54) is 0 Å². The Balaban J connectivity index is 2.18. The molecule has 0 radical (unpaired) electrons. The van der Waals surface area contributed by atoms with E-state index in [1.807, 2.05) is 24.3 Å². The zero-order chi connectivity index (χ0) is 11.6. The molecule has 0 saturated heterocycles. The average molecular weight is 244 g/mol. The van der Waals surface area contributed by atoms with E-state index >= 15 is 0 Å². The molecular formula is C10H16N2O3S. The third-order valence-corrected chi connectivity index (χ3v) is 4.06. The predicted octanol–water partition coefficient (Wildman–Crippen LogP) is 1.88. The molecule has 90 valence electrons. The maximum atomic E-state index is 9.88. The first-order chi connectivity index (χ1) is 7.63. The quantitative estimate of drug-likeness (QED) is 0.653. The van der Waals surface area contributed by atoms with Gasteiger partial charge in [-0.05, 0) is 18.1 Å². The van der Waals surface area contributed by atoms with Gasteiger partial charge in [0, 0.05) is 19.7 Å². The number of rotatable bonds is 3. The van der Waals surface area contributed by atoms with Gasteiger partial charge in [0.25, 0.3) is 0 Å². The Morgan fingerprint density at radius 1 is 1.31 bits per heavy atom. The van der Waals surface area contributed by atoms with Crippen molar-refractivity contribution in [3.63, 3.8) is 0 Å². The maximum absolute atomic E-state index is 9.88. The van der Waals surface area contributed by atoms with E-state index in [9.17, 15) is 9.11 Å². The first-order valence-electron chi connectivity index (χ1n) is 5.13. The molecule has 0 atom stereocenters. The van der Waals surface area contributed by atoms with Gasteiger partial charge in [0.2, 0.25) is 0 Å². The second-order valence-electron chi connectivity index (χ2n) is 3.72. The fourth-order valence-electron chi connectivity index (χ4n) is 1.70. The monoisotopic (exact) mass is 244 g/mol. The summed E-state index contributed by atoms with van der Waals surface area (Å²) >= 11 is 0. The Kier molecular flexibility index (Phi) is 3.36. The van der Waals surface area contributed by atoms with Gasteiger partial charge in [-0.15, -0.1) is 0 Å². The van der Waals surface area contributed by atoms with Crippen molar-refractivity contribution in [2.75, 3.05) is 17.9 Å². The second kappa shape index (κ2) is 4.60. The van der Waals surface area contributed by atoms with E-state index < -0.39 is 11.0 Å². The number of nitrogens with zero attached hydrogens (tertiary/aromatic N) is 1. The molecule has 0 amide bonds. The molecule has 1 heterocycles. The van der Waals surface area contributed by atoms with Crippen molar-refractivity contribution in [3.05, 3.63) is 29.8 Å². The third kappa shape index (κ3) is 2.31. The summed E-state index contributed by atoms with van der Waals surface area (Å²) < 4.78 is 24.1. The number of para-hydroxylation sites is 1. The third-order valence-electron chi connectivity index (χ3n) is 2.54. The summed E-state index contributed by atoms with van der Waals surface area (Å²) in [5.41, 5.74) is 1.80. The van der Waals surface area contributed by atoms with E-state index in [2.05, 4.69) is 4.72 Å². The summed E-state index contributed by atoms with van der Waals surface area (Å²) in [6.07, 6.45) is 0.527. The van der Waals surface area contributed by atoms with Gasteiger partial charge >= 0.3 is 0 Å². The van der Waals surface area contributed by atoms with Crippen LogP contribution in [-0.4, -0.2) is 31.7 Å². The minimum atomic E-state index is -2.94. The van der Waals surface area contributed by atoms with E-state index in [0.717, 1.165) is 11.3 Å². The second-order valence-corrected chi connectivity index (χ2v) is 5.48. The van der Waals surface area contributed by atoms with Crippen LogP contribution in [0.2, 0.25) is 0 Å². The number of hydrogen-bond acceptors (Lipinski definition) is 5. The SMILES string of the molecule is OCCCN1Cc2ccccc2NS1(O)O. The van der Waals surface area contributed by atoms with Gasteiger partial charge in [-0.1, -0.05) is 29.2 Å². The maximum Gasteiger partial charge on any atom is 0.0596 e. The molecule has 0 unspecified atom stereocenters. The topological polar surface area (TPSA) is 76.0 Å². The van der Waals surface area contributed by atoms with Crippen LogP contribution in [-0.2, 0) is 6.54 Å². The van der Waals surface area contributed by atoms with Crippen molar-refractivity contribution >= 4 is 16.6 Å². The lowest BCUT2D eigenvalue weighted by Crippen LogP contribution is -2.36. The van der Waals surface area contributed by atoms with Crippen LogP contribution in [0.1, 0.15) is 12.0 Å².